The number of thioether (sulfide) groups is 1. The van der Waals surface area contributed by atoms with Crippen LogP contribution in [-0.4, -0.2) is 17.6 Å². The first-order valence-electron chi connectivity index (χ1n) is 6.79. The first-order chi connectivity index (χ1) is 10.7. The Bertz CT molecular complexity index is 686. The van der Waals surface area contributed by atoms with Crippen LogP contribution in [0.2, 0.25) is 0 Å². The molecule has 0 radical (unpaired) electrons. The number of hydrogen-bond donors (Lipinski definition) is 2. The minimum absolute atomic E-state index is 0.0698. The SMILES string of the molecule is NC(=O)COc1ccc([C@H]2NN=C(c3ccccc3)S2)cc1. The summed E-state index contributed by atoms with van der Waals surface area (Å²) in [7, 11) is 0. The van der Waals surface area contributed by atoms with Crippen molar-refractivity contribution in [3.8, 4) is 5.75 Å². The highest BCUT2D eigenvalue weighted by Crippen LogP contribution is 2.34. The van der Waals surface area contributed by atoms with E-state index in [0.29, 0.717) is 5.75 Å². The van der Waals surface area contributed by atoms with Crippen molar-refractivity contribution in [3.63, 3.8) is 0 Å². The number of nitrogens with zero attached hydrogens (tertiary/aromatic N) is 1. The van der Waals surface area contributed by atoms with Crippen molar-refractivity contribution < 1.29 is 9.53 Å². The summed E-state index contributed by atoms with van der Waals surface area (Å²) in [6.45, 7) is -0.114. The number of carbonyl (C=O) groups is 1. The fourth-order valence-electron chi connectivity index (χ4n) is 2.03. The van der Waals surface area contributed by atoms with Crippen LogP contribution in [0.15, 0.2) is 59.7 Å². The monoisotopic (exact) mass is 313 g/mol. The molecule has 0 saturated heterocycles. The summed E-state index contributed by atoms with van der Waals surface area (Å²) < 4.78 is 5.25. The van der Waals surface area contributed by atoms with E-state index in [2.05, 4.69) is 10.5 Å². The van der Waals surface area contributed by atoms with E-state index in [4.69, 9.17) is 10.5 Å². The van der Waals surface area contributed by atoms with Crippen molar-refractivity contribution in [1.29, 1.82) is 0 Å². The average Bonchev–Trinajstić information content (AvgIpc) is 3.04. The highest BCUT2D eigenvalue weighted by atomic mass is 32.2. The summed E-state index contributed by atoms with van der Waals surface area (Å²) in [5.74, 6) is 0.132. The molecule has 22 heavy (non-hydrogen) atoms. The molecule has 0 spiro atoms. The molecule has 0 unspecified atom stereocenters. The van der Waals surface area contributed by atoms with E-state index in [0.717, 1.165) is 16.2 Å². The van der Waals surface area contributed by atoms with E-state index in [1.807, 2.05) is 54.6 Å². The molecular formula is C16H15N3O2S. The lowest BCUT2D eigenvalue weighted by Crippen LogP contribution is -2.20. The van der Waals surface area contributed by atoms with E-state index in [-0.39, 0.29) is 12.0 Å². The van der Waals surface area contributed by atoms with Crippen molar-refractivity contribution in [2.45, 2.75) is 5.37 Å². The van der Waals surface area contributed by atoms with Crippen LogP contribution in [0.25, 0.3) is 0 Å². The van der Waals surface area contributed by atoms with Gasteiger partial charge in [0.05, 0.1) is 0 Å². The number of primary amides is 1. The number of hydrogen-bond acceptors (Lipinski definition) is 5. The highest BCUT2D eigenvalue weighted by Gasteiger charge is 2.21. The standard InChI is InChI=1S/C16H15N3O2S/c17-14(20)10-21-13-8-6-12(7-9-13)16-19-18-15(22-16)11-4-2-1-3-5-11/h1-9,16,19H,10H2,(H2,17,20)/t16-/m0/s1. The molecule has 5 nitrogen and oxygen atoms in total. The van der Waals surface area contributed by atoms with Gasteiger partial charge in [0, 0.05) is 5.56 Å². The van der Waals surface area contributed by atoms with Crippen molar-refractivity contribution >= 4 is 22.7 Å². The fourth-order valence-corrected chi connectivity index (χ4v) is 3.03. The van der Waals surface area contributed by atoms with Crippen LogP contribution in [0.3, 0.4) is 0 Å². The summed E-state index contributed by atoms with van der Waals surface area (Å²) >= 11 is 1.66. The van der Waals surface area contributed by atoms with Crippen molar-refractivity contribution in [1.82, 2.24) is 5.43 Å². The smallest absolute Gasteiger partial charge is 0.255 e. The zero-order valence-corrected chi connectivity index (χ0v) is 12.5. The third-order valence-electron chi connectivity index (χ3n) is 3.10. The number of ether oxygens (including phenoxy) is 1. The average molecular weight is 313 g/mol. The largest absolute Gasteiger partial charge is 0.484 e. The van der Waals surface area contributed by atoms with Crippen molar-refractivity contribution in [3.05, 3.63) is 65.7 Å². The molecule has 0 aromatic heterocycles. The Hall–Kier alpha value is -2.47. The number of hydrazone groups is 1. The summed E-state index contributed by atoms with van der Waals surface area (Å²) in [5.41, 5.74) is 10.4. The van der Waals surface area contributed by atoms with Crippen LogP contribution in [0.1, 0.15) is 16.5 Å². The Labute approximate surface area is 132 Å². The lowest BCUT2D eigenvalue weighted by Gasteiger charge is -2.10. The zero-order valence-electron chi connectivity index (χ0n) is 11.7. The van der Waals surface area contributed by atoms with Gasteiger partial charge in [0.15, 0.2) is 6.61 Å². The molecule has 0 fully saturated rings. The molecule has 0 bridgehead atoms. The predicted octanol–water partition coefficient (Wildman–Crippen LogP) is 2.25. The van der Waals surface area contributed by atoms with Gasteiger partial charge in [-0.15, -0.1) is 0 Å². The van der Waals surface area contributed by atoms with Crippen LogP contribution < -0.4 is 15.9 Å². The number of amides is 1. The quantitative estimate of drug-likeness (QED) is 0.887. The summed E-state index contributed by atoms with van der Waals surface area (Å²) in [6, 6.07) is 17.6. The summed E-state index contributed by atoms with van der Waals surface area (Å²) in [4.78, 5) is 10.7. The second-order valence-electron chi connectivity index (χ2n) is 4.73. The fraction of sp³-hybridized carbons (Fsp3) is 0.125. The van der Waals surface area contributed by atoms with E-state index in [1.165, 1.54) is 0 Å². The molecule has 3 N–H and O–H groups in total. The lowest BCUT2D eigenvalue weighted by atomic mass is 10.2. The van der Waals surface area contributed by atoms with Gasteiger partial charge in [0.25, 0.3) is 5.91 Å². The maximum absolute atomic E-state index is 10.7. The minimum Gasteiger partial charge on any atom is -0.484 e. The van der Waals surface area contributed by atoms with Gasteiger partial charge in [-0.3, -0.25) is 10.2 Å². The second kappa shape index (κ2) is 6.53. The molecule has 1 atom stereocenters. The van der Waals surface area contributed by atoms with Gasteiger partial charge in [-0.1, -0.05) is 54.2 Å². The topological polar surface area (TPSA) is 76.7 Å². The lowest BCUT2D eigenvalue weighted by molar-refractivity contribution is -0.119. The molecule has 2 aromatic carbocycles. The Balaban J connectivity index is 1.63. The van der Waals surface area contributed by atoms with Gasteiger partial charge < -0.3 is 10.5 Å². The molecule has 2 aromatic rings. The van der Waals surface area contributed by atoms with E-state index >= 15 is 0 Å². The van der Waals surface area contributed by atoms with Crippen LogP contribution in [0.5, 0.6) is 5.75 Å². The predicted molar refractivity (Wildman–Crippen MR) is 87.6 cm³/mol. The normalized spacial score (nSPS) is 16.7. The van der Waals surface area contributed by atoms with E-state index in [9.17, 15) is 4.79 Å². The number of nitrogens with two attached hydrogens (primary N) is 1. The summed E-state index contributed by atoms with van der Waals surface area (Å²) in [5, 5.41) is 5.42. The van der Waals surface area contributed by atoms with Crippen LogP contribution >= 0.6 is 11.8 Å². The molecule has 6 heteroatoms. The third-order valence-corrected chi connectivity index (χ3v) is 4.26. The zero-order chi connectivity index (χ0) is 15.4. The number of carbonyl (C=O) groups excluding carboxylic acids is 1. The second-order valence-corrected chi connectivity index (χ2v) is 5.83. The molecule has 3 rings (SSSR count). The first kappa shape index (κ1) is 14.5. The molecule has 1 heterocycles. The van der Waals surface area contributed by atoms with Gasteiger partial charge >= 0.3 is 0 Å². The number of nitrogens with one attached hydrogen (secondary N) is 1. The van der Waals surface area contributed by atoms with Crippen LogP contribution in [0.4, 0.5) is 0 Å². The molecule has 1 aliphatic heterocycles. The van der Waals surface area contributed by atoms with Gasteiger partial charge in [0.2, 0.25) is 0 Å². The van der Waals surface area contributed by atoms with Gasteiger partial charge in [-0.25, -0.2) is 0 Å². The van der Waals surface area contributed by atoms with Crippen LogP contribution in [0, 0.1) is 0 Å². The summed E-state index contributed by atoms with van der Waals surface area (Å²) in [6.07, 6.45) is 0. The number of rotatable bonds is 5. The maximum Gasteiger partial charge on any atom is 0.255 e. The molecule has 1 aliphatic rings. The third kappa shape index (κ3) is 3.40. The van der Waals surface area contributed by atoms with Gasteiger partial charge in [-0.2, -0.15) is 5.10 Å². The first-order valence-corrected chi connectivity index (χ1v) is 7.67. The molecule has 1 amide bonds. The van der Waals surface area contributed by atoms with E-state index in [1.54, 1.807) is 11.8 Å². The van der Waals surface area contributed by atoms with Crippen molar-refractivity contribution in [2.24, 2.45) is 10.8 Å². The molecule has 0 saturated carbocycles. The van der Waals surface area contributed by atoms with Gasteiger partial charge in [-0.05, 0) is 17.7 Å². The highest BCUT2D eigenvalue weighted by molar-refractivity contribution is 8.14. The molecular weight excluding hydrogens is 298 g/mol. The van der Waals surface area contributed by atoms with Crippen molar-refractivity contribution in [2.75, 3.05) is 6.61 Å². The maximum atomic E-state index is 10.7. The van der Waals surface area contributed by atoms with Crippen LogP contribution in [-0.2, 0) is 4.79 Å². The van der Waals surface area contributed by atoms with Gasteiger partial charge in [0.1, 0.15) is 16.2 Å². The number of benzene rings is 2. The Morgan fingerprint density at radius 1 is 1.18 bits per heavy atom. The Morgan fingerprint density at radius 2 is 1.91 bits per heavy atom. The van der Waals surface area contributed by atoms with E-state index < -0.39 is 5.91 Å². The Kier molecular flexibility index (Phi) is 4.29. The Morgan fingerprint density at radius 3 is 2.59 bits per heavy atom. The molecule has 112 valence electrons. The molecule has 0 aliphatic carbocycles. The minimum atomic E-state index is -0.488.